The van der Waals surface area contributed by atoms with E-state index in [0.29, 0.717) is 0 Å². The van der Waals surface area contributed by atoms with Crippen molar-refractivity contribution in [3.8, 4) is 6.07 Å². The molecule has 0 aromatic carbocycles. The molecule has 0 radical (unpaired) electrons. The third-order valence-corrected chi connectivity index (χ3v) is 1.13. The molecule has 0 aromatic heterocycles. The summed E-state index contributed by atoms with van der Waals surface area (Å²) in [6.07, 6.45) is 0.572. The Bertz CT molecular complexity index is 148. The van der Waals surface area contributed by atoms with Gasteiger partial charge >= 0.3 is 5.97 Å². The van der Waals surface area contributed by atoms with Crippen LogP contribution in [0.3, 0.4) is 0 Å². The SMILES string of the molecule is CC[C@H](C)OC(=O)CC#N. The molecule has 0 heterocycles. The van der Waals surface area contributed by atoms with Gasteiger partial charge in [0.05, 0.1) is 12.2 Å². The molecule has 0 N–H and O–H groups in total. The van der Waals surface area contributed by atoms with Crippen molar-refractivity contribution in [2.24, 2.45) is 0 Å². The van der Waals surface area contributed by atoms with E-state index >= 15 is 0 Å². The van der Waals surface area contributed by atoms with Crippen molar-refractivity contribution in [3.05, 3.63) is 0 Å². The Kier molecular flexibility index (Phi) is 4.30. The maximum Gasteiger partial charge on any atom is 0.320 e. The summed E-state index contributed by atoms with van der Waals surface area (Å²) in [7, 11) is 0. The highest BCUT2D eigenvalue weighted by atomic mass is 16.5. The molecule has 0 saturated heterocycles. The molecule has 56 valence electrons. The predicted octanol–water partition coefficient (Wildman–Crippen LogP) is 1.24. The second-order valence-corrected chi connectivity index (χ2v) is 2.04. The lowest BCUT2D eigenvalue weighted by Crippen LogP contribution is -2.12. The van der Waals surface area contributed by atoms with E-state index in [4.69, 9.17) is 10.00 Å². The lowest BCUT2D eigenvalue weighted by molar-refractivity contribution is -0.147. The van der Waals surface area contributed by atoms with Crippen LogP contribution < -0.4 is 0 Å². The zero-order chi connectivity index (χ0) is 7.98. The topological polar surface area (TPSA) is 50.1 Å². The quantitative estimate of drug-likeness (QED) is 0.555. The fourth-order valence-electron chi connectivity index (χ4n) is 0.414. The van der Waals surface area contributed by atoms with Crippen molar-refractivity contribution in [1.29, 1.82) is 5.26 Å². The number of carbonyl (C=O) groups is 1. The molecule has 1 atom stereocenters. The van der Waals surface area contributed by atoms with Gasteiger partial charge in [0.1, 0.15) is 6.42 Å². The van der Waals surface area contributed by atoms with Gasteiger partial charge in [-0.15, -0.1) is 0 Å². The molecule has 0 fully saturated rings. The summed E-state index contributed by atoms with van der Waals surface area (Å²) < 4.78 is 4.78. The normalized spacial score (nSPS) is 11.7. The lowest BCUT2D eigenvalue weighted by atomic mass is 10.3. The largest absolute Gasteiger partial charge is 0.462 e. The monoisotopic (exact) mass is 141 g/mol. The highest BCUT2D eigenvalue weighted by Gasteiger charge is 2.05. The van der Waals surface area contributed by atoms with Crippen LogP contribution in [-0.4, -0.2) is 12.1 Å². The van der Waals surface area contributed by atoms with E-state index in [2.05, 4.69) is 0 Å². The molecule has 10 heavy (non-hydrogen) atoms. The number of hydrogen-bond acceptors (Lipinski definition) is 3. The molecule has 3 nitrogen and oxygen atoms in total. The zero-order valence-electron chi connectivity index (χ0n) is 6.26. The summed E-state index contributed by atoms with van der Waals surface area (Å²) in [4.78, 5) is 10.6. The van der Waals surface area contributed by atoms with Crippen LogP contribution in [0.15, 0.2) is 0 Å². The van der Waals surface area contributed by atoms with Gasteiger partial charge in [-0.05, 0) is 13.3 Å². The van der Waals surface area contributed by atoms with Gasteiger partial charge in [-0.25, -0.2) is 0 Å². The van der Waals surface area contributed by atoms with E-state index in [-0.39, 0.29) is 12.5 Å². The van der Waals surface area contributed by atoms with Crippen molar-refractivity contribution in [1.82, 2.24) is 0 Å². The molecular weight excluding hydrogens is 130 g/mol. The average molecular weight is 141 g/mol. The minimum absolute atomic E-state index is 0.0687. The molecule has 0 aliphatic rings. The van der Waals surface area contributed by atoms with Crippen molar-refractivity contribution in [2.75, 3.05) is 0 Å². The van der Waals surface area contributed by atoms with E-state index in [1.54, 1.807) is 13.0 Å². The fraction of sp³-hybridized carbons (Fsp3) is 0.714. The van der Waals surface area contributed by atoms with Gasteiger partial charge in [0.25, 0.3) is 0 Å². The molecule has 0 aliphatic heterocycles. The Morgan fingerprint density at radius 2 is 2.40 bits per heavy atom. The van der Waals surface area contributed by atoms with Crippen molar-refractivity contribution in [2.45, 2.75) is 32.8 Å². The minimum atomic E-state index is -0.433. The average Bonchev–Trinajstić information content (AvgIpc) is 1.88. The third-order valence-electron chi connectivity index (χ3n) is 1.13. The molecule has 0 rings (SSSR count). The summed E-state index contributed by atoms with van der Waals surface area (Å²) in [5, 5.41) is 8.07. The summed E-state index contributed by atoms with van der Waals surface area (Å²) in [5.74, 6) is -0.433. The Labute approximate surface area is 60.6 Å². The Morgan fingerprint density at radius 1 is 1.80 bits per heavy atom. The van der Waals surface area contributed by atoms with E-state index in [0.717, 1.165) is 6.42 Å². The first-order valence-electron chi connectivity index (χ1n) is 3.27. The Morgan fingerprint density at radius 3 is 2.80 bits per heavy atom. The number of nitriles is 1. The first-order valence-corrected chi connectivity index (χ1v) is 3.27. The van der Waals surface area contributed by atoms with E-state index in [1.807, 2.05) is 6.92 Å². The highest BCUT2D eigenvalue weighted by Crippen LogP contribution is 1.97. The van der Waals surface area contributed by atoms with E-state index in [1.165, 1.54) is 0 Å². The number of carbonyl (C=O) groups excluding carboxylic acids is 1. The molecule has 0 amide bonds. The number of hydrogen-bond donors (Lipinski definition) is 0. The van der Waals surface area contributed by atoms with Crippen LogP contribution in [0.5, 0.6) is 0 Å². The third kappa shape index (κ3) is 3.90. The van der Waals surface area contributed by atoms with E-state index in [9.17, 15) is 4.79 Å². The standard InChI is InChI=1S/C7H11NO2/c1-3-6(2)10-7(9)4-5-8/h6H,3-4H2,1-2H3/t6-/m0/s1. The first-order chi connectivity index (χ1) is 4.70. The van der Waals surface area contributed by atoms with Crippen LogP contribution in [0.25, 0.3) is 0 Å². The highest BCUT2D eigenvalue weighted by molar-refractivity contribution is 5.71. The Hall–Kier alpha value is -1.04. The van der Waals surface area contributed by atoms with Crippen LogP contribution in [0.4, 0.5) is 0 Å². The summed E-state index contributed by atoms with van der Waals surface area (Å²) in [6.45, 7) is 3.72. The lowest BCUT2D eigenvalue weighted by Gasteiger charge is -2.07. The van der Waals surface area contributed by atoms with Crippen molar-refractivity contribution in [3.63, 3.8) is 0 Å². The summed E-state index contributed by atoms with van der Waals surface area (Å²) in [5.41, 5.74) is 0. The van der Waals surface area contributed by atoms with Gasteiger partial charge < -0.3 is 4.74 Å². The Balaban J connectivity index is 3.49. The first kappa shape index (κ1) is 8.96. The van der Waals surface area contributed by atoms with Crippen LogP contribution in [-0.2, 0) is 9.53 Å². The predicted molar refractivity (Wildman–Crippen MR) is 36.1 cm³/mol. The fourth-order valence-corrected chi connectivity index (χ4v) is 0.414. The second-order valence-electron chi connectivity index (χ2n) is 2.04. The summed E-state index contributed by atoms with van der Waals surface area (Å²) in [6, 6.07) is 1.72. The molecule has 0 bridgehead atoms. The molecule has 0 spiro atoms. The van der Waals surface area contributed by atoms with Crippen LogP contribution in [0.1, 0.15) is 26.7 Å². The number of rotatable bonds is 3. The second kappa shape index (κ2) is 4.80. The van der Waals surface area contributed by atoms with Crippen LogP contribution in [0, 0.1) is 11.3 Å². The minimum Gasteiger partial charge on any atom is -0.462 e. The molecule has 0 saturated carbocycles. The van der Waals surface area contributed by atoms with Crippen molar-refractivity contribution < 1.29 is 9.53 Å². The number of esters is 1. The maximum absolute atomic E-state index is 10.6. The van der Waals surface area contributed by atoms with E-state index < -0.39 is 5.97 Å². The van der Waals surface area contributed by atoms with Gasteiger partial charge in [0.2, 0.25) is 0 Å². The van der Waals surface area contributed by atoms with Crippen LogP contribution in [0.2, 0.25) is 0 Å². The maximum atomic E-state index is 10.6. The molecule has 0 aromatic rings. The van der Waals surface area contributed by atoms with Crippen molar-refractivity contribution >= 4 is 5.97 Å². The number of ether oxygens (including phenoxy) is 1. The van der Waals surface area contributed by atoms with Gasteiger partial charge in [-0.2, -0.15) is 5.26 Å². The molecular formula is C7H11NO2. The smallest absolute Gasteiger partial charge is 0.320 e. The summed E-state index contributed by atoms with van der Waals surface area (Å²) >= 11 is 0. The zero-order valence-corrected chi connectivity index (χ0v) is 6.26. The number of nitrogens with zero attached hydrogens (tertiary/aromatic N) is 1. The van der Waals surface area contributed by atoms with Gasteiger partial charge in [0.15, 0.2) is 0 Å². The van der Waals surface area contributed by atoms with Gasteiger partial charge in [-0.3, -0.25) is 4.79 Å². The molecule has 0 unspecified atom stereocenters. The van der Waals surface area contributed by atoms with Gasteiger partial charge in [-0.1, -0.05) is 6.92 Å². The molecule has 0 aliphatic carbocycles. The van der Waals surface area contributed by atoms with Crippen LogP contribution >= 0.6 is 0 Å². The van der Waals surface area contributed by atoms with Gasteiger partial charge in [0, 0.05) is 0 Å². The molecule has 3 heteroatoms.